The van der Waals surface area contributed by atoms with E-state index in [0.29, 0.717) is 24.0 Å². The number of rotatable bonds is 6. The summed E-state index contributed by atoms with van der Waals surface area (Å²) in [5, 5.41) is 3.07. The second-order valence-corrected chi connectivity index (χ2v) is 4.50. The Labute approximate surface area is 125 Å². The lowest BCUT2D eigenvalue weighted by Crippen LogP contribution is -2.05. The number of benzene rings is 1. The van der Waals surface area contributed by atoms with Gasteiger partial charge in [0.15, 0.2) is 11.5 Å². The molecule has 0 aliphatic rings. The Morgan fingerprint density at radius 1 is 1.10 bits per heavy atom. The Hall–Kier alpha value is -2.30. The molecular formula is C16H21N3O2. The molecule has 1 aromatic carbocycles. The van der Waals surface area contributed by atoms with E-state index in [1.165, 1.54) is 0 Å². The van der Waals surface area contributed by atoms with Crippen LogP contribution in [0, 0.1) is 6.92 Å². The number of aryl methyl sites for hydroxylation is 1. The van der Waals surface area contributed by atoms with Crippen molar-refractivity contribution in [1.29, 1.82) is 0 Å². The fourth-order valence-corrected chi connectivity index (χ4v) is 1.95. The molecule has 0 saturated heterocycles. The van der Waals surface area contributed by atoms with E-state index in [9.17, 15) is 0 Å². The second kappa shape index (κ2) is 6.92. The molecule has 0 aliphatic carbocycles. The predicted molar refractivity (Wildman–Crippen MR) is 83.4 cm³/mol. The van der Waals surface area contributed by atoms with Gasteiger partial charge in [-0.2, -0.15) is 4.98 Å². The molecule has 21 heavy (non-hydrogen) atoms. The maximum absolute atomic E-state index is 5.96. The first-order chi connectivity index (χ1) is 10.2. The molecule has 1 heterocycles. The molecule has 0 amide bonds. The Bertz CT molecular complexity index is 614. The number of hydrogen-bond donors (Lipinski definition) is 1. The number of para-hydroxylation sites is 2. The fourth-order valence-electron chi connectivity index (χ4n) is 1.95. The first kappa shape index (κ1) is 15.1. The van der Waals surface area contributed by atoms with E-state index < -0.39 is 0 Å². The van der Waals surface area contributed by atoms with Gasteiger partial charge in [0.25, 0.3) is 0 Å². The molecule has 112 valence electrons. The lowest BCUT2D eigenvalue weighted by molar-refractivity contribution is 0.319. The van der Waals surface area contributed by atoms with Gasteiger partial charge < -0.3 is 14.8 Å². The predicted octanol–water partition coefficient (Wildman–Crippen LogP) is 3.58. The summed E-state index contributed by atoms with van der Waals surface area (Å²) in [4.78, 5) is 8.90. The molecule has 0 saturated carbocycles. The van der Waals surface area contributed by atoms with Crippen LogP contribution in [0.3, 0.4) is 0 Å². The van der Waals surface area contributed by atoms with Crippen LogP contribution < -0.4 is 14.8 Å². The Balaban J connectivity index is 2.39. The van der Waals surface area contributed by atoms with Gasteiger partial charge in [0.05, 0.1) is 12.2 Å². The van der Waals surface area contributed by atoms with Gasteiger partial charge in [-0.15, -0.1) is 0 Å². The van der Waals surface area contributed by atoms with E-state index in [-0.39, 0.29) is 0 Å². The molecule has 0 aliphatic heterocycles. The lowest BCUT2D eigenvalue weighted by atomic mass is 10.3. The zero-order valence-corrected chi connectivity index (χ0v) is 12.9. The average molecular weight is 287 g/mol. The third kappa shape index (κ3) is 3.42. The van der Waals surface area contributed by atoms with Gasteiger partial charge in [0.1, 0.15) is 11.6 Å². The normalized spacial score (nSPS) is 10.3. The van der Waals surface area contributed by atoms with Gasteiger partial charge >= 0.3 is 0 Å². The number of ether oxygens (including phenoxy) is 2. The van der Waals surface area contributed by atoms with Crippen molar-refractivity contribution in [2.75, 3.05) is 19.0 Å². The molecular weight excluding hydrogens is 266 g/mol. The first-order valence-electron chi connectivity index (χ1n) is 7.14. The van der Waals surface area contributed by atoms with Gasteiger partial charge in [-0.3, -0.25) is 0 Å². The number of hydrogen-bond acceptors (Lipinski definition) is 5. The van der Waals surface area contributed by atoms with E-state index >= 15 is 0 Å². The molecule has 0 fully saturated rings. The monoisotopic (exact) mass is 287 g/mol. The third-order valence-electron chi connectivity index (χ3n) is 3.06. The quantitative estimate of drug-likeness (QED) is 0.880. The average Bonchev–Trinajstić information content (AvgIpc) is 2.51. The lowest BCUT2D eigenvalue weighted by Gasteiger charge is -2.14. The van der Waals surface area contributed by atoms with Crippen molar-refractivity contribution < 1.29 is 9.47 Å². The fraction of sp³-hybridized carbons (Fsp3) is 0.375. The van der Waals surface area contributed by atoms with Gasteiger partial charge in [-0.05, 0) is 26.0 Å². The minimum atomic E-state index is 0.554. The molecule has 2 aromatic rings. The smallest absolute Gasteiger partial charge is 0.227 e. The molecule has 2 rings (SSSR count). The second-order valence-electron chi connectivity index (χ2n) is 4.50. The van der Waals surface area contributed by atoms with Gasteiger partial charge in [0.2, 0.25) is 5.88 Å². The highest BCUT2D eigenvalue weighted by Crippen LogP contribution is 2.33. The molecule has 0 unspecified atom stereocenters. The molecule has 1 N–H and O–H groups in total. The SMILES string of the molecule is CCOc1ccccc1Oc1nc(CC)nc(NC)c1C. The Kier molecular flexibility index (Phi) is 4.98. The van der Waals surface area contributed by atoms with E-state index in [1.807, 2.05) is 52.1 Å². The largest absolute Gasteiger partial charge is 0.490 e. The van der Waals surface area contributed by atoms with Crippen molar-refractivity contribution >= 4 is 5.82 Å². The Morgan fingerprint density at radius 2 is 1.81 bits per heavy atom. The van der Waals surface area contributed by atoms with Gasteiger partial charge in [0, 0.05) is 13.5 Å². The highest BCUT2D eigenvalue weighted by Gasteiger charge is 2.13. The van der Waals surface area contributed by atoms with Crippen molar-refractivity contribution in [3.05, 3.63) is 35.7 Å². The van der Waals surface area contributed by atoms with E-state index in [4.69, 9.17) is 9.47 Å². The van der Waals surface area contributed by atoms with Crippen molar-refractivity contribution in [1.82, 2.24) is 9.97 Å². The maximum Gasteiger partial charge on any atom is 0.227 e. The summed E-state index contributed by atoms with van der Waals surface area (Å²) in [6.07, 6.45) is 0.748. The molecule has 0 radical (unpaired) electrons. The summed E-state index contributed by atoms with van der Waals surface area (Å²) in [6, 6.07) is 7.58. The number of aromatic nitrogens is 2. The first-order valence-corrected chi connectivity index (χ1v) is 7.14. The minimum absolute atomic E-state index is 0.554. The highest BCUT2D eigenvalue weighted by molar-refractivity contribution is 5.50. The molecule has 5 heteroatoms. The summed E-state index contributed by atoms with van der Waals surface area (Å²) < 4.78 is 11.5. The van der Waals surface area contributed by atoms with Crippen LogP contribution in [0.4, 0.5) is 5.82 Å². The summed E-state index contributed by atoms with van der Waals surface area (Å²) in [6.45, 7) is 6.48. The van der Waals surface area contributed by atoms with Gasteiger partial charge in [-0.25, -0.2) is 4.98 Å². The van der Waals surface area contributed by atoms with Crippen LogP contribution in [-0.2, 0) is 6.42 Å². The van der Waals surface area contributed by atoms with Crippen LogP contribution >= 0.6 is 0 Å². The van der Waals surface area contributed by atoms with Gasteiger partial charge in [-0.1, -0.05) is 19.1 Å². The van der Waals surface area contributed by atoms with E-state index in [2.05, 4.69) is 15.3 Å². The Morgan fingerprint density at radius 3 is 2.43 bits per heavy atom. The molecule has 5 nitrogen and oxygen atoms in total. The van der Waals surface area contributed by atoms with Crippen LogP contribution in [0.25, 0.3) is 0 Å². The summed E-state index contributed by atoms with van der Waals surface area (Å²) >= 11 is 0. The molecule has 0 atom stereocenters. The topological polar surface area (TPSA) is 56.3 Å². The van der Waals surface area contributed by atoms with Crippen LogP contribution in [0.15, 0.2) is 24.3 Å². The van der Waals surface area contributed by atoms with Crippen LogP contribution in [0.5, 0.6) is 17.4 Å². The summed E-state index contributed by atoms with van der Waals surface area (Å²) in [7, 11) is 1.84. The minimum Gasteiger partial charge on any atom is -0.490 e. The number of anilines is 1. The third-order valence-corrected chi connectivity index (χ3v) is 3.06. The van der Waals surface area contributed by atoms with Crippen LogP contribution in [0.2, 0.25) is 0 Å². The van der Waals surface area contributed by atoms with Crippen molar-refractivity contribution in [3.8, 4) is 17.4 Å². The van der Waals surface area contributed by atoms with Crippen molar-refractivity contribution in [2.45, 2.75) is 27.2 Å². The van der Waals surface area contributed by atoms with Crippen molar-refractivity contribution in [3.63, 3.8) is 0 Å². The van der Waals surface area contributed by atoms with Crippen molar-refractivity contribution in [2.24, 2.45) is 0 Å². The molecule has 0 bridgehead atoms. The highest BCUT2D eigenvalue weighted by atomic mass is 16.5. The number of nitrogens with zero attached hydrogens (tertiary/aromatic N) is 2. The number of nitrogens with one attached hydrogen (secondary N) is 1. The van der Waals surface area contributed by atoms with Crippen LogP contribution in [0.1, 0.15) is 25.2 Å². The zero-order chi connectivity index (χ0) is 15.2. The van der Waals surface area contributed by atoms with E-state index in [1.54, 1.807) is 0 Å². The summed E-state index contributed by atoms with van der Waals surface area (Å²) in [5.74, 6) is 3.45. The zero-order valence-electron chi connectivity index (χ0n) is 12.9. The standard InChI is InChI=1S/C16H21N3O2/c1-5-14-18-15(17-4)11(3)16(19-14)21-13-10-8-7-9-12(13)20-6-2/h7-10H,5-6H2,1-4H3,(H,17,18,19). The molecule has 1 aromatic heterocycles. The summed E-state index contributed by atoms with van der Waals surface area (Å²) in [5.41, 5.74) is 0.876. The molecule has 0 spiro atoms. The van der Waals surface area contributed by atoms with Crippen LogP contribution in [-0.4, -0.2) is 23.6 Å². The maximum atomic E-state index is 5.96. The van der Waals surface area contributed by atoms with E-state index in [0.717, 1.165) is 23.6 Å².